The van der Waals surface area contributed by atoms with Crippen LogP contribution >= 0.6 is 0 Å². The summed E-state index contributed by atoms with van der Waals surface area (Å²) >= 11 is 0. The van der Waals surface area contributed by atoms with Crippen LogP contribution in [-0.4, -0.2) is 28.0 Å². The van der Waals surface area contributed by atoms with Crippen molar-refractivity contribution in [3.05, 3.63) is 70.5 Å². The molecule has 150 valence electrons. The minimum absolute atomic E-state index is 0.00701. The lowest BCUT2D eigenvalue weighted by Crippen LogP contribution is -2.44. The summed E-state index contributed by atoms with van der Waals surface area (Å²) in [6.07, 6.45) is 0.219. The first-order valence-corrected chi connectivity index (χ1v) is 8.85. The van der Waals surface area contributed by atoms with Gasteiger partial charge in [-0.25, -0.2) is 9.37 Å². The number of nitrogens with zero attached hydrogens (tertiary/aromatic N) is 2. The summed E-state index contributed by atoms with van der Waals surface area (Å²) in [5.41, 5.74) is 4.81. The summed E-state index contributed by atoms with van der Waals surface area (Å²) < 4.78 is 19.9. The number of aryl methyl sites for hydroxylation is 1. The number of halogens is 1. The molecular formula is C20H19FN4O4. The van der Waals surface area contributed by atoms with Crippen LogP contribution < -0.4 is 21.1 Å². The molecule has 3 aromatic rings. The van der Waals surface area contributed by atoms with Gasteiger partial charge in [0.1, 0.15) is 5.82 Å². The number of benzene rings is 2. The molecule has 0 radical (unpaired) electrons. The third kappa shape index (κ3) is 4.95. The van der Waals surface area contributed by atoms with Crippen molar-refractivity contribution in [3.63, 3.8) is 0 Å². The van der Waals surface area contributed by atoms with Crippen molar-refractivity contribution in [1.29, 1.82) is 0 Å². The highest BCUT2D eigenvalue weighted by molar-refractivity contribution is 5.83. The Labute approximate surface area is 165 Å². The van der Waals surface area contributed by atoms with E-state index in [2.05, 4.69) is 15.8 Å². The van der Waals surface area contributed by atoms with Gasteiger partial charge in [0.15, 0.2) is 18.2 Å². The number of aromatic nitrogens is 2. The molecule has 1 heterocycles. The summed E-state index contributed by atoms with van der Waals surface area (Å²) in [5, 5.41) is 0.505. The van der Waals surface area contributed by atoms with E-state index in [1.54, 1.807) is 37.4 Å². The largest absolute Gasteiger partial charge is 0.481 e. The maximum absolute atomic E-state index is 13.4. The number of hydrazine groups is 1. The van der Waals surface area contributed by atoms with E-state index in [9.17, 15) is 18.8 Å². The second-order valence-electron chi connectivity index (χ2n) is 6.22. The van der Waals surface area contributed by atoms with Crippen LogP contribution in [0.4, 0.5) is 4.39 Å². The number of nitrogens with one attached hydrogen (secondary N) is 2. The molecule has 2 amide bonds. The highest BCUT2D eigenvalue weighted by atomic mass is 19.1. The minimum Gasteiger partial charge on any atom is -0.481 e. The van der Waals surface area contributed by atoms with E-state index in [-0.39, 0.29) is 24.2 Å². The van der Waals surface area contributed by atoms with Crippen molar-refractivity contribution in [2.75, 3.05) is 6.61 Å². The first kappa shape index (κ1) is 20.0. The number of ether oxygens (including phenoxy) is 1. The Morgan fingerprint density at radius 1 is 1.07 bits per heavy atom. The van der Waals surface area contributed by atoms with Gasteiger partial charge in [0.05, 0.1) is 10.9 Å². The quantitative estimate of drug-likeness (QED) is 0.608. The standard InChI is InChI=1S/C20H19FN4O4/c1-25-17(22-15-8-4-2-6-13(15)20(25)28)10-11-18(26)23-24-19(27)12-29-16-9-5-3-7-14(16)21/h2-9H,10-12H2,1H3,(H,23,26)(H,24,27). The lowest BCUT2D eigenvalue weighted by atomic mass is 10.2. The highest BCUT2D eigenvalue weighted by Crippen LogP contribution is 2.14. The topological polar surface area (TPSA) is 102 Å². The first-order chi connectivity index (χ1) is 14.0. The molecule has 0 aliphatic rings. The van der Waals surface area contributed by atoms with Gasteiger partial charge >= 0.3 is 0 Å². The van der Waals surface area contributed by atoms with Crippen LogP contribution in [0.5, 0.6) is 5.75 Å². The van der Waals surface area contributed by atoms with E-state index in [1.165, 1.54) is 22.8 Å². The summed E-state index contributed by atoms with van der Waals surface area (Å²) in [6.45, 7) is -0.456. The van der Waals surface area contributed by atoms with Crippen LogP contribution in [0.3, 0.4) is 0 Å². The molecule has 0 fully saturated rings. The van der Waals surface area contributed by atoms with Crippen LogP contribution in [0.25, 0.3) is 10.9 Å². The minimum atomic E-state index is -0.641. The van der Waals surface area contributed by atoms with Crippen molar-refractivity contribution in [2.45, 2.75) is 12.8 Å². The Balaban J connectivity index is 1.49. The van der Waals surface area contributed by atoms with Crippen LogP contribution in [0.2, 0.25) is 0 Å². The molecule has 0 saturated heterocycles. The smallest absolute Gasteiger partial charge is 0.276 e. The van der Waals surface area contributed by atoms with E-state index in [0.717, 1.165) is 0 Å². The number of hydrogen-bond donors (Lipinski definition) is 2. The second kappa shape index (κ2) is 8.96. The van der Waals surface area contributed by atoms with Gasteiger partial charge in [-0.3, -0.25) is 29.8 Å². The molecule has 0 aliphatic carbocycles. The SMILES string of the molecule is Cn1c(CCC(=O)NNC(=O)COc2ccccc2F)nc2ccccc2c1=O. The van der Waals surface area contributed by atoms with Gasteiger partial charge in [-0.05, 0) is 24.3 Å². The molecule has 0 atom stereocenters. The average molecular weight is 398 g/mol. The molecule has 2 N–H and O–H groups in total. The van der Waals surface area contributed by atoms with Crippen LogP contribution in [0, 0.1) is 5.82 Å². The molecule has 0 spiro atoms. The fourth-order valence-electron chi connectivity index (χ4n) is 2.66. The molecule has 0 unspecified atom stereocenters. The van der Waals surface area contributed by atoms with Crippen molar-refractivity contribution < 1.29 is 18.7 Å². The lowest BCUT2D eigenvalue weighted by molar-refractivity contribution is -0.130. The Morgan fingerprint density at radius 3 is 2.55 bits per heavy atom. The predicted octanol–water partition coefficient (Wildman–Crippen LogP) is 1.23. The van der Waals surface area contributed by atoms with Gasteiger partial charge in [0, 0.05) is 19.9 Å². The predicted molar refractivity (Wildman–Crippen MR) is 103 cm³/mol. The average Bonchev–Trinajstić information content (AvgIpc) is 2.73. The Hall–Kier alpha value is -3.75. The number of para-hydroxylation sites is 2. The van der Waals surface area contributed by atoms with E-state index < -0.39 is 24.2 Å². The monoisotopic (exact) mass is 398 g/mol. The van der Waals surface area contributed by atoms with E-state index in [4.69, 9.17) is 4.74 Å². The number of hydrogen-bond acceptors (Lipinski definition) is 5. The summed E-state index contributed by atoms with van der Waals surface area (Å²) in [4.78, 5) is 40.4. The van der Waals surface area contributed by atoms with E-state index >= 15 is 0 Å². The third-order valence-electron chi connectivity index (χ3n) is 4.19. The number of fused-ring (bicyclic) bond motifs is 1. The molecule has 0 bridgehead atoms. The molecule has 9 heteroatoms. The van der Waals surface area contributed by atoms with Crippen LogP contribution in [-0.2, 0) is 23.1 Å². The molecule has 8 nitrogen and oxygen atoms in total. The van der Waals surface area contributed by atoms with Crippen molar-refractivity contribution in [3.8, 4) is 5.75 Å². The number of rotatable bonds is 6. The number of carbonyl (C=O) groups is 2. The molecule has 2 aromatic carbocycles. The Bertz CT molecular complexity index is 1110. The van der Waals surface area contributed by atoms with Gasteiger partial charge in [0.25, 0.3) is 11.5 Å². The third-order valence-corrected chi connectivity index (χ3v) is 4.19. The number of amides is 2. The van der Waals surface area contributed by atoms with E-state index in [1.807, 2.05) is 0 Å². The summed E-state index contributed by atoms with van der Waals surface area (Å²) in [6, 6.07) is 12.7. The zero-order valence-corrected chi connectivity index (χ0v) is 15.6. The highest BCUT2D eigenvalue weighted by Gasteiger charge is 2.11. The zero-order chi connectivity index (χ0) is 20.8. The van der Waals surface area contributed by atoms with Gasteiger partial charge in [-0.1, -0.05) is 24.3 Å². The van der Waals surface area contributed by atoms with Crippen molar-refractivity contribution in [1.82, 2.24) is 20.4 Å². The maximum Gasteiger partial charge on any atom is 0.276 e. The Morgan fingerprint density at radius 2 is 1.76 bits per heavy atom. The fourth-order valence-corrected chi connectivity index (χ4v) is 2.66. The number of carbonyl (C=O) groups excluding carboxylic acids is 2. The molecule has 3 rings (SSSR count). The fraction of sp³-hybridized carbons (Fsp3) is 0.200. The van der Waals surface area contributed by atoms with E-state index in [0.29, 0.717) is 16.7 Å². The lowest BCUT2D eigenvalue weighted by Gasteiger charge is -2.11. The Kier molecular flexibility index (Phi) is 6.18. The van der Waals surface area contributed by atoms with Gasteiger partial charge in [-0.2, -0.15) is 0 Å². The van der Waals surface area contributed by atoms with Crippen molar-refractivity contribution in [2.24, 2.45) is 7.05 Å². The van der Waals surface area contributed by atoms with Crippen molar-refractivity contribution >= 4 is 22.7 Å². The van der Waals surface area contributed by atoms with Gasteiger partial charge < -0.3 is 4.74 Å². The maximum atomic E-state index is 13.4. The molecule has 0 aliphatic heterocycles. The second-order valence-corrected chi connectivity index (χ2v) is 6.22. The molecular weight excluding hydrogens is 379 g/mol. The van der Waals surface area contributed by atoms with Gasteiger partial charge in [-0.15, -0.1) is 0 Å². The summed E-state index contributed by atoms with van der Waals surface area (Å²) in [7, 11) is 1.59. The molecule has 0 saturated carbocycles. The van der Waals surface area contributed by atoms with Gasteiger partial charge in [0.2, 0.25) is 5.91 Å². The summed E-state index contributed by atoms with van der Waals surface area (Å²) in [5.74, 6) is -1.29. The molecule has 1 aromatic heterocycles. The van der Waals surface area contributed by atoms with Crippen LogP contribution in [0.15, 0.2) is 53.3 Å². The zero-order valence-electron chi connectivity index (χ0n) is 15.6. The normalized spacial score (nSPS) is 10.6. The van der Waals surface area contributed by atoms with Crippen LogP contribution in [0.1, 0.15) is 12.2 Å². The molecule has 29 heavy (non-hydrogen) atoms. The first-order valence-electron chi connectivity index (χ1n) is 8.85.